The molecule has 0 aliphatic rings. The molecule has 1 amide bonds. The van der Waals surface area contributed by atoms with Gasteiger partial charge in [-0.2, -0.15) is 0 Å². The van der Waals surface area contributed by atoms with Gasteiger partial charge < -0.3 is 14.8 Å². The lowest BCUT2D eigenvalue weighted by atomic mass is 10.1. The van der Waals surface area contributed by atoms with E-state index in [4.69, 9.17) is 9.47 Å². The second-order valence-corrected chi connectivity index (χ2v) is 8.86. The number of hydrogen-bond donors (Lipinski definition) is 2. The zero-order chi connectivity index (χ0) is 23.7. The Bertz CT molecular complexity index is 1170. The van der Waals surface area contributed by atoms with Crippen LogP contribution in [-0.4, -0.2) is 41.2 Å². The molecular formula is C24H25FN2O5S. The Hall–Kier alpha value is -3.27. The van der Waals surface area contributed by atoms with Crippen LogP contribution in [0.4, 0.5) is 4.39 Å². The Morgan fingerprint density at radius 2 is 1.73 bits per heavy atom. The van der Waals surface area contributed by atoms with Gasteiger partial charge in [0, 0.05) is 19.2 Å². The van der Waals surface area contributed by atoms with Gasteiger partial charge in [0.25, 0.3) is 5.91 Å². The molecular weight excluding hydrogens is 447 g/mol. The monoisotopic (exact) mass is 472 g/mol. The van der Waals surface area contributed by atoms with E-state index in [9.17, 15) is 17.6 Å². The molecule has 33 heavy (non-hydrogen) atoms. The number of carbonyl (C=O) groups excluding carboxylic acids is 1. The van der Waals surface area contributed by atoms with Crippen molar-refractivity contribution in [2.24, 2.45) is 0 Å². The van der Waals surface area contributed by atoms with Crippen LogP contribution in [0.15, 0.2) is 83.8 Å². The first-order valence-electron chi connectivity index (χ1n) is 10.2. The first-order valence-corrected chi connectivity index (χ1v) is 11.7. The van der Waals surface area contributed by atoms with Gasteiger partial charge in [-0.05, 0) is 35.9 Å². The fourth-order valence-corrected chi connectivity index (χ4v) is 4.11. The maximum Gasteiger partial charge on any atom is 0.251 e. The summed E-state index contributed by atoms with van der Waals surface area (Å²) in [6.07, 6.45) is 0. The Morgan fingerprint density at radius 3 is 2.45 bits per heavy atom. The minimum Gasteiger partial charge on any atom is -0.488 e. The Balaban J connectivity index is 1.77. The molecule has 0 heterocycles. The molecule has 0 fully saturated rings. The second-order valence-electron chi connectivity index (χ2n) is 7.10. The average molecular weight is 473 g/mol. The fraction of sp³-hybridized carbons (Fsp3) is 0.208. The molecule has 0 spiro atoms. The number of para-hydroxylation sites is 1. The quantitative estimate of drug-likeness (QED) is 0.418. The van der Waals surface area contributed by atoms with Crippen LogP contribution in [0.2, 0.25) is 0 Å². The smallest absolute Gasteiger partial charge is 0.251 e. The van der Waals surface area contributed by atoms with E-state index >= 15 is 0 Å². The summed E-state index contributed by atoms with van der Waals surface area (Å²) in [5.74, 6) is -0.924. The summed E-state index contributed by atoms with van der Waals surface area (Å²) in [6.45, 7) is 0.312. The zero-order valence-electron chi connectivity index (χ0n) is 18.0. The molecule has 1 atom stereocenters. The van der Waals surface area contributed by atoms with Crippen molar-refractivity contribution in [2.75, 3.05) is 26.9 Å². The number of hydrogen-bond acceptors (Lipinski definition) is 5. The average Bonchev–Trinajstić information content (AvgIpc) is 2.83. The first-order chi connectivity index (χ1) is 15.9. The highest BCUT2D eigenvalue weighted by Crippen LogP contribution is 2.20. The van der Waals surface area contributed by atoms with Crippen LogP contribution < -0.4 is 14.8 Å². The number of amides is 1. The Morgan fingerprint density at radius 1 is 1.00 bits per heavy atom. The van der Waals surface area contributed by atoms with E-state index in [-0.39, 0.29) is 36.0 Å². The minimum absolute atomic E-state index is 0.0206. The lowest BCUT2D eigenvalue weighted by Gasteiger charge is -2.20. The van der Waals surface area contributed by atoms with Gasteiger partial charge in [0.1, 0.15) is 6.61 Å². The molecule has 9 heteroatoms. The number of halogens is 1. The molecule has 0 saturated carbocycles. The summed E-state index contributed by atoms with van der Waals surface area (Å²) >= 11 is 0. The summed E-state index contributed by atoms with van der Waals surface area (Å²) in [4.78, 5) is 12.9. The topological polar surface area (TPSA) is 93.7 Å². The SMILES string of the molecule is COCCNS(=O)(=O)c1cccc(C(=O)NC(COc2ccccc2F)c2ccccc2)c1. The third-order valence-corrected chi connectivity index (χ3v) is 6.21. The molecule has 3 aromatic rings. The molecule has 0 aliphatic heterocycles. The maximum absolute atomic E-state index is 14.0. The van der Waals surface area contributed by atoms with E-state index in [1.807, 2.05) is 30.3 Å². The molecule has 0 saturated heterocycles. The third-order valence-electron chi connectivity index (χ3n) is 4.75. The molecule has 2 N–H and O–H groups in total. The predicted octanol–water partition coefficient (Wildman–Crippen LogP) is 3.30. The minimum atomic E-state index is -3.80. The number of methoxy groups -OCH3 is 1. The standard InChI is InChI=1S/C24H25FN2O5S/c1-31-15-14-26-33(29,30)20-11-7-10-19(16-20)24(28)27-22(18-8-3-2-4-9-18)17-32-23-13-6-5-12-21(23)25/h2-13,16,22,26H,14-15,17H2,1H3,(H,27,28). The van der Waals surface area contributed by atoms with Crippen LogP contribution in [0.3, 0.4) is 0 Å². The zero-order valence-corrected chi connectivity index (χ0v) is 18.8. The highest BCUT2D eigenvalue weighted by Gasteiger charge is 2.20. The lowest BCUT2D eigenvalue weighted by Crippen LogP contribution is -2.33. The van der Waals surface area contributed by atoms with Gasteiger partial charge in [0.2, 0.25) is 10.0 Å². The normalized spacial score (nSPS) is 12.2. The first kappa shape index (κ1) is 24.4. The maximum atomic E-state index is 14.0. The molecule has 3 rings (SSSR count). The van der Waals surface area contributed by atoms with E-state index in [1.165, 1.54) is 43.5 Å². The molecule has 174 valence electrons. The predicted molar refractivity (Wildman–Crippen MR) is 122 cm³/mol. The fourth-order valence-electron chi connectivity index (χ4n) is 3.05. The summed E-state index contributed by atoms with van der Waals surface area (Å²) in [5.41, 5.74) is 0.920. The van der Waals surface area contributed by atoms with Gasteiger partial charge >= 0.3 is 0 Å². The van der Waals surface area contributed by atoms with Crippen molar-refractivity contribution in [1.29, 1.82) is 0 Å². The number of nitrogens with one attached hydrogen (secondary N) is 2. The summed E-state index contributed by atoms with van der Waals surface area (Å²) in [7, 11) is -2.33. The highest BCUT2D eigenvalue weighted by molar-refractivity contribution is 7.89. The van der Waals surface area contributed by atoms with Crippen molar-refractivity contribution in [1.82, 2.24) is 10.0 Å². The largest absolute Gasteiger partial charge is 0.488 e. The van der Waals surface area contributed by atoms with Gasteiger partial charge in [-0.15, -0.1) is 0 Å². The van der Waals surface area contributed by atoms with E-state index < -0.39 is 27.8 Å². The van der Waals surface area contributed by atoms with Gasteiger partial charge in [-0.25, -0.2) is 17.5 Å². The van der Waals surface area contributed by atoms with E-state index in [1.54, 1.807) is 12.1 Å². The van der Waals surface area contributed by atoms with Crippen molar-refractivity contribution in [2.45, 2.75) is 10.9 Å². The third kappa shape index (κ3) is 6.85. The summed E-state index contributed by atoms with van der Waals surface area (Å²) < 4.78 is 51.8. The van der Waals surface area contributed by atoms with Crippen LogP contribution in [0.25, 0.3) is 0 Å². The van der Waals surface area contributed by atoms with E-state index in [0.29, 0.717) is 0 Å². The highest BCUT2D eigenvalue weighted by atomic mass is 32.2. The van der Waals surface area contributed by atoms with E-state index in [2.05, 4.69) is 10.0 Å². The van der Waals surface area contributed by atoms with Crippen molar-refractivity contribution in [3.63, 3.8) is 0 Å². The molecule has 1 unspecified atom stereocenters. The van der Waals surface area contributed by atoms with Gasteiger partial charge in [-0.3, -0.25) is 4.79 Å². The number of ether oxygens (including phenoxy) is 2. The van der Waals surface area contributed by atoms with Gasteiger partial charge in [0.05, 0.1) is 17.5 Å². The number of sulfonamides is 1. The molecule has 0 bridgehead atoms. The van der Waals surface area contributed by atoms with Gasteiger partial charge in [-0.1, -0.05) is 48.5 Å². The Kier molecular flexibility index (Phi) is 8.53. The van der Waals surface area contributed by atoms with Crippen molar-refractivity contribution in [3.05, 3.63) is 95.8 Å². The van der Waals surface area contributed by atoms with Crippen LogP contribution in [-0.2, 0) is 14.8 Å². The second kappa shape index (κ2) is 11.6. The lowest BCUT2D eigenvalue weighted by molar-refractivity contribution is 0.0920. The number of carbonyl (C=O) groups is 1. The van der Waals surface area contributed by atoms with Crippen molar-refractivity contribution < 1.29 is 27.1 Å². The van der Waals surface area contributed by atoms with Gasteiger partial charge in [0.15, 0.2) is 11.6 Å². The molecule has 0 radical (unpaired) electrons. The number of benzene rings is 3. The van der Waals surface area contributed by atoms with Crippen LogP contribution >= 0.6 is 0 Å². The molecule has 3 aromatic carbocycles. The van der Waals surface area contributed by atoms with Crippen LogP contribution in [0.5, 0.6) is 5.75 Å². The van der Waals surface area contributed by atoms with Crippen molar-refractivity contribution >= 4 is 15.9 Å². The molecule has 0 aromatic heterocycles. The summed E-state index contributed by atoms with van der Waals surface area (Å²) in [5, 5.41) is 2.85. The number of rotatable bonds is 11. The van der Waals surface area contributed by atoms with Crippen molar-refractivity contribution in [3.8, 4) is 5.75 Å². The summed E-state index contributed by atoms with van der Waals surface area (Å²) in [6, 6.07) is 20.2. The molecule has 7 nitrogen and oxygen atoms in total. The Labute approximate surface area is 192 Å². The van der Waals surface area contributed by atoms with Crippen LogP contribution in [0.1, 0.15) is 22.0 Å². The molecule has 0 aliphatic carbocycles. The van der Waals surface area contributed by atoms with Crippen LogP contribution in [0, 0.1) is 5.82 Å². The van der Waals surface area contributed by atoms with E-state index in [0.717, 1.165) is 5.56 Å².